The highest BCUT2D eigenvalue weighted by Gasteiger charge is 2.26. The second-order valence-electron chi connectivity index (χ2n) is 6.91. The molecule has 0 unspecified atom stereocenters. The first kappa shape index (κ1) is 17.6. The molecule has 0 saturated carbocycles. The predicted octanol–water partition coefficient (Wildman–Crippen LogP) is 3.37. The molecule has 1 aliphatic heterocycles. The van der Waals surface area contributed by atoms with E-state index in [9.17, 15) is 9.59 Å². The Hall–Kier alpha value is -3.46. The van der Waals surface area contributed by atoms with Crippen molar-refractivity contribution >= 4 is 39.2 Å². The second-order valence-corrected chi connectivity index (χ2v) is 8.00. The van der Waals surface area contributed by atoms with Gasteiger partial charge in [-0.25, -0.2) is 4.98 Å². The number of fused-ring (bicyclic) bond motifs is 2. The van der Waals surface area contributed by atoms with Gasteiger partial charge in [-0.05, 0) is 19.1 Å². The topological polar surface area (TPSA) is 104 Å². The Bertz CT molecular complexity index is 1200. The molecular weight excluding hydrogens is 390 g/mol. The molecule has 0 saturated heterocycles. The molecule has 8 nitrogen and oxygen atoms in total. The van der Waals surface area contributed by atoms with Crippen molar-refractivity contribution in [3.05, 3.63) is 64.1 Å². The SMILES string of the molecule is Cc1cc(C(=O)Nc2nc3c(s2)CN(C(=O)c2cc4ccccc4[nH]2)CC3)no1. The second kappa shape index (κ2) is 6.85. The summed E-state index contributed by atoms with van der Waals surface area (Å²) < 4.78 is 4.93. The molecule has 2 amide bonds. The largest absolute Gasteiger partial charge is 0.361 e. The summed E-state index contributed by atoms with van der Waals surface area (Å²) in [5.74, 6) is 0.169. The number of amides is 2. The number of para-hydroxylation sites is 1. The zero-order chi connectivity index (χ0) is 20.0. The lowest BCUT2D eigenvalue weighted by Gasteiger charge is -2.25. The average molecular weight is 407 g/mol. The fraction of sp³-hybridized carbons (Fsp3) is 0.200. The number of aromatic nitrogens is 3. The van der Waals surface area contributed by atoms with Crippen molar-refractivity contribution in [2.45, 2.75) is 19.9 Å². The zero-order valence-electron chi connectivity index (χ0n) is 15.6. The molecule has 5 rings (SSSR count). The summed E-state index contributed by atoms with van der Waals surface area (Å²) >= 11 is 1.38. The minimum absolute atomic E-state index is 0.0380. The summed E-state index contributed by atoms with van der Waals surface area (Å²) in [4.78, 5) is 35.7. The third-order valence-electron chi connectivity index (χ3n) is 4.86. The first-order valence-corrected chi connectivity index (χ1v) is 9.99. The fourth-order valence-electron chi connectivity index (χ4n) is 3.42. The molecule has 4 heterocycles. The van der Waals surface area contributed by atoms with Gasteiger partial charge in [0.1, 0.15) is 11.5 Å². The quantitative estimate of drug-likeness (QED) is 0.542. The fourth-order valence-corrected chi connectivity index (χ4v) is 4.43. The van der Waals surface area contributed by atoms with Crippen molar-refractivity contribution in [3.63, 3.8) is 0 Å². The van der Waals surface area contributed by atoms with Crippen LogP contribution >= 0.6 is 11.3 Å². The van der Waals surface area contributed by atoms with Crippen LogP contribution in [-0.2, 0) is 13.0 Å². The maximum absolute atomic E-state index is 12.9. The van der Waals surface area contributed by atoms with Crippen molar-refractivity contribution in [2.24, 2.45) is 0 Å². The Kier molecular flexibility index (Phi) is 4.17. The zero-order valence-corrected chi connectivity index (χ0v) is 16.4. The first-order chi connectivity index (χ1) is 14.1. The Balaban J connectivity index is 1.31. The number of rotatable bonds is 3. The summed E-state index contributed by atoms with van der Waals surface area (Å²) in [6.07, 6.45) is 0.650. The van der Waals surface area contributed by atoms with E-state index in [-0.39, 0.29) is 17.5 Å². The standard InChI is InChI=1S/C20H17N5O3S/c1-11-8-15(24-28-11)18(26)23-20-22-14-6-7-25(10-17(14)29-20)19(27)16-9-12-4-2-3-5-13(12)21-16/h2-5,8-9,21H,6-7,10H2,1H3,(H,22,23,26). The molecule has 1 aromatic carbocycles. The number of anilines is 1. The van der Waals surface area contributed by atoms with Gasteiger partial charge in [-0.1, -0.05) is 34.7 Å². The van der Waals surface area contributed by atoms with Crippen molar-refractivity contribution in [2.75, 3.05) is 11.9 Å². The van der Waals surface area contributed by atoms with Gasteiger partial charge in [-0.3, -0.25) is 14.9 Å². The molecule has 0 aliphatic carbocycles. The van der Waals surface area contributed by atoms with E-state index < -0.39 is 0 Å². The van der Waals surface area contributed by atoms with Gasteiger partial charge in [0.05, 0.1) is 12.2 Å². The molecule has 0 atom stereocenters. The van der Waals surface area contributed by atoms with E-state index in [1.54, 1.807) is 17.9 Å². The third kappa shape index (κ3) is 3.29. The summed E-state index contributed by atoms with van der Waals surface area (Å²) in [7, 11) is 0. The first-order valence-electron chi connectivity index (χ1n) is 9.17. The summed E-state index contributed by atoms with van der Waals surface area (Å²) in [5.41, 5.74) is 2.65. The highest BCUT2D eigenvalue weighted by Crippen LogP contribution is 2.29. The predicted molar refractivity (Wildman–Crippen MR) is 108 cm³/mol. The molecule has 0 fully saturated rings. The van der Waals surface area contributed by atoms with E-state index >= 15 is 0 Å². The van der Waals surface area contributed by atoms with E-state index in [1.807, 2.05) is 30.3 Å². The molecule has 0 radical (unpaired) electrons. The number of thiazole rings is 1. The van der Waals surface area contributed by atoms with Gasteiger partial charge in [0.25, 0.3) is 11.8 Å². The minimum Gasteiger partial charge on any atom is -0.361 e. The number of aromatic amines is 1. The van der Waals surface area contributed by atoms with Crippen molar-refractivity contribution in [1.82, 2.24) is 20.0 Å². The van der Waals surface area contributed by atoms with Crippen LogP contribution in [0.3, 0.4) is 0 Å². The summed E-state index contributed by atoms with van der Waals surface area (Å²) in [6.45, 7) is 2.78. The molecule has 0 spiro atoms. The number of aryl methyl sites for hydroxylation is 1. The van der Waals surface area contributed by atoms with E-state index in [0.29, 0.717) is 36.1 Å². The van der Waals surface area contributed by atoms with Crippen molar-refractivity contribution < 1.29 is 14.1 Å². The van der Waals surface area contributed by atoms with Crippen LogP contribution in [-0.4, -0.2) is 38.4 Å². The Morgan fingerprint density at radius 3 is 2.93 bits per heavy atom. The number of hydrogen-bond acceptors (Lipinski definition) is 6. The van der Waals surface area contributed by atoms with E-state index in [2.05, 4.69) is 20.4 Å². The molecule has 9 heteroatoms. The highest BCUT2D eigenvalue weighted by atomic mass is 32.1. The number of carbonyl (C=O) groups is 2. The maximum atomic E-state index is 12.9. The molecular formula is C20H17N5O3S. The Labute approximate surface area is 169 Å². The van der Waals surface area contributed by atoms with Crippen LogP contribution in [0.1, 0.15) is 37.3 Å². The minimum atomic E-state index is -0.362. The number of carbonyl (C=O) groups excluding carboxylic acids is 2. The van der Waals surface area contributed by atoms with Gasteiger partial charge >= 0.3 is 0 Å². The molecule has 0 bridgehead atoms. The van der Waals surface area contributed by atoms with Crippen LogP contribution in [0.2, 0.25) is 0 Å². The van der Waals surface area contributed by atoms with Gasteiger partial charge < -0.3 is 14.4 Å². The Morgan fingerprint density at radius 2 is 2.14 bits per heavy atom. The van der Waals surface area contributed by atoms with Crippen molar-refractivity contribution in [1.29, 1.82) is 0 Å². The van der Waals surface area contributed by atoms with Gasteiger partial charge in [-0.2, -0.15) is 0 Å². The maximum Gasteiger partial charge on any atom is 0.279 e. The number of benzene rings is 1. The normalized spacial score (nSPS) is 13.5. The molecule has 146 valence electrons. The van der Waals surface area contributed by atoms with Gasteiger partial charge in [0.15, 0.2) is 10.8 Å². The van der Waals surface area contributed by atoms with E-state index in [4.69, 9.17) is 4.52 Å². The van der Waals surface area contributed by atoms with Crippen LogP contribution in [0, 0.1) is 6.92 Å². The lowest BCUT2D eigenvalue weighted by Crippen LogP contribution is -2.35. The van der Waals surface area contributed by atoms with Gasteiger partial charge in [0, 0.05) is 34.8 Å². The number of nitrogens with one attached hydrogen (secondary N) is 2. The van der Waals surface area contributed by atoms with Crippen LogP contribution in [0.15, 0.2) is 40.9 Å². The monoisotopic (exact) mass is 407 g/mol. The lowest BCUT2D eigenvalue weighted by atomic mass is 10.1. The summed E-state index contributed by atoms with van der Waals surface area (Å²) in [6, 6.07) is 11.3. The van der Waals surface area contributed by atoms with Crippen LogP contribution in [0.25, 0.3) is 10.9 Å². The molecule has 3 aromatic heterocycles. The molecule has 1 aliphatic rings. The van der Waals surface area contributed by atoms with Gasteiger partial charge in [-0.15, -0.1) is 0 Å². The average Bonchev–Trinajstić information content (AvgIpc) is 3.43. The van der Waals surface area contributed by atoms with E-state index in [0.717, 1.165) is 21.5 Å². The van der Waals surface area contributed by atoms with Crippen LogP contribution in [0.5, 0.6) is 0 Å². The smallest absolute Gasteiger partial charge is 0.279 e. The van der Waals surface area contributed by atoms with Crippen LogP contribution in [0.4, 0.5) is 5.13 Å². The Morgan fingerprint density at radius 1 is 1.28 bits per heavy atom. The molecule has 2 N–H and O–H groups in total. The highest BCUT2D eigenvalue weighted by molar-refractivity contribution is 7.15. The summed E-state index contributed by atoms with van der Waals surface area (Å²) in [5, 5.41) is 7.99. The van der Waals surface area contributed by atoms with Gasteiger partial charge in [0.2, 0.25) is 0 Å². The van der Waals surface area contributed by atoms with E-state index in [1.165, 1.54) is 11.3 Å². The number of hydrogen-bond donors (Lipinski definition) is 2. The molecule has 29 heavy (non-hydrogen) atoms. The lowest BCUT2D eigenvalue weighted by molar-refractivity contribution is 0.0731. The molecule has 4 aromatic rings. The number of H-pyrrole nitrogens is 1. The third-order valence-corrected chi connectivity index (χ3v) is 5.86. The van der Waals surface area contributed by atoms with Crippen LogP contribution < -0.4 is 5.32 Å². The number of nitrogens with zero attached hydrogens (tertiary/aromatic N) is 3. The van der Waals surface area contributed by atoms with Crippen molar-refractivity contribution in [3.8, 4) is 0 Å².